The Hall–Kier alpha value is -3.69. The van der Waals surface area contributed by atoms with Gasteiger partial charge in [0, 0.05) is 7.11 Å². The van der Waals surface area contributed by atoms with Crippen molar-refractivity contribution in [1.29, 1.82) is 0 Å². The number of anilines is 2. The highest BCUT2D eigenvalue weighted by Crippen LogP contribution is 2.50. The first kappa shape index (κ1) is 28.4. The van der Waals surface area contributed by atoms with Crippen molar-refractivity contribution in [3.8, 4) is 0 Å². The Labute approximate surface area is 232 Å². The predicted octanol–water partition coefficient (Wildman–Crippen LogP) is -0.938. The molecule has 2 aliphatic heterocycles. The maximum Gasteiger partial charge on any atom is 0.472 e. The average Bonchev–Trinajstić information content (AvgIpc) is 3.69. The van der Waals surface area contributed by atoms with Gasteiger partial charge in [0.2, 0.25) is 5.95 Å². The number of halogens is 2. The number of nitrogens with zero attached hydrogens (tertiary/aromatic N) is 7. The van der Waals surface area contributed by atoms with Crippen molar-refractivity contribution in [2.75, 3.05) is 25.2 Å². The van der Waals surface area contributed by atoms with Crippen LogP contribution in [0.25, 0.3) is 22.3 Å². The number of methoxy groups -OCH3 is 1. The molecule has 6 heterocycles. The maximum atomic E-state index is 15.3. The highest BCUT2D eigenvalue weighted by atomic mass is 31.2. The third kappa shape index (κ3) is 4.78. The van der Waals surface area contributed by atoms with E-state index in [1.54, 1.807) is 0 Å². The molecule has 22 heteroatoms. The zero-order valence-corrected chi connectivity index (χ0v) is 22.2. The standard InChI is InChI=1S/C20H23F2N10O9P/c1-37-19-8(22)12(18(40-19)32-5-28-10-15(32)29-20(24)30-16(10)34)41-42(35,36)38-2-6-11(33)7(21)17(39-6)31-4-27-9-13(23)25-3-26-14(9)31/h3-8,11-12,17-19,33H,2H2,1H3,(H,35,36)(H2,23,25,26)(H3,24,29,30,34)/t6-,7?,8?,11?,12?,17-,18-,19+/m1/s1. The number of aliphatic hydroxyl groups is 1. The Morgan fingerprint density at radius 3 is 2.52 bits per heavy atom. The van der Waals surface area contributed by atoms with Crippen LogP contribution in [0.5, 0.6) is 0 Å². The SMILES string of the molecule is CO[C@H]1O[C@@H](n2cnc3c(=O)[nH]c(N)nc32)C(OP(=O)(O)OC[C@H]2O[C@@H](n3cnc4c(N)ncnc43)C(F)C2O)C1F. The fourth-order valence-corrected chi connectivity index (χ4v) is 5.65. The van der Waals surface area contributed by atoms with Crippen molar-refractivity contribution in [3.63, 3.8) is 0 Å². The van der Waals surface area contributed by atoms with Gasteiger partial charge in [-0.3, -0.25) is 28.0 Å². The van der Waals surface area contributed by atoms with Crippen molar-refractivity contribution in [2.24, 2.45) is 0 Å². The summed E-state index contributed by atoms with van der Waals surface area (Å²) in [4.78, 5) is 44.6. The average molecular weight is 616 g/mol. The van der Waals surface area contributed by atoms with Gasteiger partial charge < -0.3 is 35.7 Å². The van der Waals surface area contributed by atoms with E-state index >= 15 is 8.78 Å². The highest BCUT2D eigenvalue weighted by molar-refractivity contribution is 7.47. The van der Waals surface area contributed by atoms with Crippen LogP contribution in [0.3, 0.4) is 0 Å². The molecule has 4 aromatic rings. The number of alkyl halides is 2. The van der Waals surface area contributed by atoms with Crippen molar-refractivity contribution >= 4 is 41.9 Å². The molecule has 19 nitrogen and oxygen atoms in total. The number of aliphatic hydroxyl groups excluding tert-OH is 1. The number of nitrogens with two attached hydrogens (primary N) is 2. The molecule has 0 saturated carbocycles. The third-order valence-electron chi connectivity index (χ3n) is 6.70. The Morgan fingerprint density at radius 2 is 1.79 bits per heavy atom. The number of H-pyrrole nitrogens is 1. The molecular formula is C20H23F2N10O9P. The predicted molar refractivity (Wildman–Crippen MR) is 134 cm³/mol. The number of rotatable bonds is 8. The first-order valence-electron chi connectivity index (χ1n) is 12.1. The molecule has 0 aromatic carbocycles. The van der Waals surface area contributed by atoms with E-state index < -0.39 is 69.4 Å². The van der Waals surface area contributed by atoms with Gasteiger partial charge >= 0.3 is 7.82 Å². The van der Waals surface area contributed by atoms with Crippen LogP contribution in [-0.4, -0.2) is 99.7 Å². The Bertz CT molecular complexity index is 1740. The van der Waals surface area contributed by atoms with Gasteiger partial charge in [-0.15, -0.1) is 0 Å². The van der Waals surface area contributed by atoms with Gasteiger partial charge in [-0.25, -0.2) is 33.3 Å². The van der Waals surface area contributed by atoms with E-state index in [0.29, 0.717) is 0 Å². The Morgan fingerprint density at radius 1 is 1.07 bits per heavy atom. The van der Waals surface area contributed by atoms with Crippen LogP contribution < -0.4 is 17.0 Å². The minimum absolute atomic E-state index is 0.0387. The van der Waals surface area contributed by atoms with Crippen LogP contribution in [0.1, 0.15) is 12.5 Å². The van der Waals surface area contributed by atoms with Gasteiger partial charge in [0.15, 0.2) is 59.8 Å². The van der Waals surface area contributed by atoms with E-state index in [2.05, 4.69) is 29.9 Å². The number of phosphoric ester groups is 1. The number of aromatic amines is 1. The number of phosphoric acid groups is 1. The molecule has 4 aromatic heterocycles. The monoisotopic (exact) mass is 616 g/mol. The fourth-order valence-electron chi connectivity index (χ4n) is 4.72. The number of nitrogen functional groups attached to an aromatic ring is 2. The molecule has 0 amide bonds. The molecule has 2 fully saturated rings. The lowest BCUT2D eigenvalue weighted by Crippen LogP contribution is -2.33. The van der Waals surface area contributed by atoms with Crippen LogP contribution in [0.4, 0.5) is 20.5 Å². The normalized spacial score (nSPS) is 31.3. The van der Waals surface area contributed by atoms with Crippen LogP contribution >= 0.6 is 7.82 Å². The summed E-state index contributed by atoms with van der Waals surface area (Å²) < 4.78 is 71.6. The first-order chi connectivity index (χ1) is 20.0. The minimum Gasteiger partial charge on any atom is -0.387 e. The number of hydrogen-bond donors (Lipinski definition) is 5. The fraction of sp³-hybridized carbons (Fsp3) is 0.500. The topological polar surface area (TPSA) is 263 Å². The van der Waals surface area contributed by atoms with E-state index in [4.69, 9.17) is 34.7 Å². The van der Waals surface area contributed by atoms with Gasteiger partial charge in [0.25, 0.3) is 5.56 Å². The third-order valence-corrected chi connectivity index (χ3v) is 7.68. The molecule has 0 radical (unpaired) electrons. The lowest BCUT2D eigenvalue weighted by atomic mass is 10.1. The number of ether oxygens (including phenoxy) is 3. The van der Waals surface area contributed by atoms with Crippen LogP contribution in [0, 0.1) is 0 Å². The molecule has 7 N–H and O–H groups in total. The second kappa shape index (κ2) is 10.5. The zero-order valence-electron chi connectivity index (χ0n) is 21.3. The van der Waals surface area contributed by atoms with Crippen molar-refractivity contribution in [1.82, 2.24) is 39.0 Å². The van der Waals surface area contributed by atoms with Gasteiger partial charge in [0.05, 0.1) is 19.3 Å². The summed E-state index contributed by atoms with van der Waals surface area (Å²) in [6.45, 7) is -0.847. The molecule has 0 spiro atoms. The maximum absolute atomic E-state index is 15.3. The summed E-state index contributed by atoms with van der Waals surface area (Å²) in [6.07, 6.45) is -10.4. The number of fused-ring (bicyclic) bond motifs is 2. The van der Waals surface area contributed by atoms with E-state index in [0.717, 1.165) is 24.3 Å². The number of nitrogens with one attached hydrogen (secondary N) is 1. The number of aromatic nitrogens is 8. The molecule has 5 unspecified atom stereocenters. The lowest BCUT2D eigenvalue weighted by Gasteiger charge is -2.24. The molecule has 226 valence electrons. The summed E-state index contributed by atoms with van der Waals surface area (Å²) in [5, 5.41) is 10.4. The number of hydrogen-bond acceptors (Lipinski definition) is 15. The van der Waals surface area contributed by atoms with Gasteiger partial charge in [-0.2, -0.15) is 4.98 Å². The number of imidazole rings is 2. The Balaban J connectivity index is 1.19. The summed E-state index contributed by atoms with van der Waals surface area (Å²) >= 11 is 0. The van der Waals surface area contributed by atoms with Crippen molar-refractivity contribution in [3.05, 3.63) is 29.3 Å². The molecular weight excluding hydrogens is 593 g/mol. The quantitative estimate of drug-likeness (QED) is 0.150. The van der Waals surface area contributed by atoms with Crippen LogP contribution in [0.2, 0.25) is 0 Å². The smallest absolute Gasteiger partial charge is 0.387 e. The Kier molecular flexibility index (Phi) is 7.14. The second-order valence-corrected chi connectivity index (χ2v) is 10.7. The van der Waals surface area contributed by atoms with Crippen LogP contribution in [-0.2, 0) is 27.8 Å². The van der Waals surface area contributed by atoms with Crippen molar-refractivity contribution < 1.29 is 46.6 Å². The molecule has 0 bridgehead atoms. The van der Waals surface area contributed by atoms with E-state index in [1.165, 1.54) is 10.9 Å². The molecule has 0 aliphatic carbocycles. The van der Waals surface area contributed by atoms with Crippen molar-refractivity contribution in [2.45, 2.75) is 49.4 Å². The zero-order chi connectivity index (χ0) is 29.9. The van der Waals surface area contributed by atoms with E-state index in [1.807, 2.05) is 0 Å². The molecule has 6 rings (SSSR count). The molecule has 2 aliphatic rings. The largest absolute Gasteiger partial charge is 0.472 e. The molecule has 42 heavy (non-hydrogen) atoms. The van der Waals surface area contributed by atoms with Crippen LogP contribution in [0.15, 0.2) is 23.8 Å². The molecule has 2 saturated heterocycles. The first-order valence-corrected chi connectivity index (χ1v) is 13.6. The molecule has 9 atom stereocenters. The van der Waals surface area contributed by atoms with Gasteiger partial charge in [0.1, 0.15) is 24.1 Å². The summed E-state index contributed by atoms with van der Waals surface area (Å²) in [5.41, 5.74) is 10.7. The lowest BCUT2D eigenvalue weighted by molar-refractivity contribution is -0.150. The van der Waals surface area contributed by atoms with E-state index in [-0.39, 0.29) is 34.1 Å². The van der Waals surface area contributed by atoms with Gasteiger partial charge in [-0.1, -0.05) is 0 Å². The van der Waals surface area contributed by atoms with Gasteiger partial charge in [-0.05, 0) is 0 Å². The summed E-state index contributed by atoms with van der Waals surface area (Å²) in [7, 11) is -4.02. The summed E-state index contributed by atoms with van der Waals surface area (Å²) in [6, 6.07) is 0. The highest BCUT2D eigenvalue weighted by Gasteiger charge is 2.52. The van der Waals surface area contributed by atoms with E-state index in [9.17, 15) is 19.4 Å². The minimum atomic E-state index is -5.15. The second-order valence-electron chi connectivity index (χ2n) is 9.27. The summed E-state index contributed by atoms with van der Waals surface area (Å²) in [5.74, 6) is -0.239.